The molecule has 2 aliphatic rings. The van der Waals surface area contributed by atoms with Gasteiger partial charge in [-0.15, -0.1) is 0 Å². The first-order chi connectivity index (χ1) is 14.4. The molecule has 5 rings (SSSR count). The molecule has 3 N–H and O–H groups in total. The van der Waals surface area contributed by atoms with Crippen LogP contribution in [0.4, 0.5) is 0 Å². The van der Waals surface area contributed by atoms with Crippen LogP contribution in [0.1, 0.15) is 35.6 Å². The number of hydrogen-bond donors (Lipinski definition) is 3. The van der Waals surface area contributed by atoms with Crippen LogP contribution in [0.5, 0.6) is 5.75 Å². The van der Waals surface area contributed by atoms with Crippen LogP contribution in [-0.2, 0) is 34.8 Å². The van der Waals surface area contributed by atoms with Crippen molar-refractivity contribution in [1.29, 1.82) is 0 Å². The number of rotatable bonds is 3. The summed E-state index contributed by atoms with van der Waals surface area (Å²) in [6, 6.07) is 6.99. The molecule has 8 nitrogen and oxygen atoms in total. The summed E-state index contributed by atoms with van der Waals surface area (Å²) >= 11 is 0. The Morgan fingerprint density at radius 1 is 1.30 bits per heavy atom. The van der Waals surface area contributed by atoms with Crippen LogP contribution < -0.4 is 10.9 Å². The Labute approximate surface area is 171 Å². The third-order valence-corrected chi connectivity index (χ3v) is 6.11. The van der Waals surface area contributed by atoms with Crippen LogP contribution in [0, 0.1) is 0 Å². The predicted molar refractivity (Wildman–Crippen MR) is 109 cm³/mol. The van der Waals surface area contributed by atoms with E-state index >= 15 is 0 Å². The number of ether oxygens (including phenoxy) is 1. The van der Waals surface area contributed by atoms with Crippen molar-refractivity contribution >= 4 is 16.9 Å². The van der Waals surface area contributed by atoms with Gasteiger partial charge in [0.25, 0.3) is 5.56 Å². The van der Waals surface area contributed by atoms with Gasteiger partial charge in [-0.3, -0.25) is 4.79 Å². The van der Waals surface area contributed by atoms with Crippen molar-refractivity contribution < 1.29 is 19.7 Å². The van der Waals surface area contributed by atoms with Gasteiger partial charge in [-0.25, -0.2) is 9.78 Å². The molecule has 8 heteroatoms. The van der Waals surface area contributed by atoms with Gasteiger partial charge in [-0.05, 0) is 37.2 Å². The van der Waals surface area contributed by atoms with Crippen LogP contribution >= 0.6 is 0 Å². The molecule has 1 atom stereocenters. The molecule has 30 heavy (non-hydrogen) atoms. The number of aromatic hydroxyl groups is 1. The van der Waals surface area contributed by atoms with E-state index in [0.717, 1.165) is 11.1 Å². The number of cyclic esters (lactones) is 1. The molecule has 0 saturated heterocycles. The van der Waals surface area contributed by atoms with Crippen molar-refractivity contribution in [3.63, 3.8) is 0 Å². The lowest BCUT2D eigenvalue weighted by Crippen LogP contribution is -2.44. The number of nitrogens with one attached hydrogen (secondary N) is 1. The van der Waals surface area contributed by atoms with Gasteiger partial charge in [0.1, 0.15) is 12.4 Å². The Bertz CT molecular complexity index is 1300. The summed E-state index contributed by atoms with van der Waals surface area (Å²) in [4.78, 5) is 30.3. The normalized spacial score (nSPS) is 19.4. The summed E-state index contributed by atoms with van der Waals surface area (Å²) in [5.74, 6) is -0.616. The molecule has 0 amide bonds. The molecule has 0 bridgehead atoms. The van der Waals surface area contributed by atoms with E-state index < -0.39 is 11.6 Å². The van der Waals surface area contributed by atoms with Crippen LogP contribution in [0.3, 0.4) is 0 Å². The van der Waals surface area contributed by atoms with Gasteiger partial charge in [0.05, 0.1) is 29.0 Å². The minimum absolute atomic E-state index is 0.0971. The van der Waals surface area contributed by atoms with E-state index in [1.807, 2.05) is 19.2 Å². The highest BCUT2D eigenvalue weighted by Gasteiger charge is 2.45. The zero-order valence-electron chi connectivity index (χ0n) is 16.7. The number of aliphatic hydroxyl groups is 1. The number of benzene rings is 1. The molecule has 0 saturated carbocycles. The van der Waals surface area contributed by atoms with Crippen molar-refractivity contribution in [1.82, 2.24) is 14.9 Å². The van der Waals surface area contributed by atoms with E-state index in [1.165, 1.54) is 0 Å². The number of carbonyl (C=O) groups excluding carboxylic acids is 1. The molecule has 0 fully saturated rings. The fraction of sp³-hybridized carbons (Fsp3) is 0.318. The zero-order valence-corrected chi connectivity index (χ0v) is 16.7. The largest absolute Gasteiger partial charge is 0.507 e. The number of phenolic OH excluding ortho intramolecular Hbond substituents is 1. The van der Waals surface area contributed by atoms with E-state index in [-0.39, 0.29) is 24.3 Å². The van der Waals surface area contributed by atoms with E-state index in [4.69, 9.17) is 9.72 Å². The van der Waals surface area contributed by atoms with E-state index in [0.29, 0.717) is 46.5 Å². The maximum Gasteiger partial charge on any atom is 0.343 e. The number of aromatic nitrogens is 2. The second-order valence-corrected chi connectivity index (χ2v) is 7.77. The Balaban J connectivity index is 1.80. The topological polar surface area (TPSA) is 114 Å². The van der Waals surface area contributed by atoms with Gasteiger partial charge in [0.2, 0.25) is 0 Å². The number of nitrogens with zero attached hydrogens (tertiary/aromatic N) is 2. The maximum absolute atomic E-state index is 13.2. The lowest BCUT2D eigenvalue weighted by Gasteiger charge is -2.31. The number of fused-ring (bicyclic) bond motifs is 5. The Hall–Kier alpha value is -3.23. The van der Waals surface area contributed by atoms with Gasteiger partial charge < -0.3 is 24.8 Å². The molecule has 0 unspecified atom stereocenters. The van der Waals surface area contributed by atoms with Crippen molar-refractivity contribution in [3.8, 4) is 17.1 Å². The number of pyridine rings is 2. The molecule has 3 aromatic rings. The summed E-state index contributed by atoms with van der Waals surface area (Å²) in [7, 11) is 1.83. The fourth-order valence-corrected chi connectivity index (χ4v) is 4.44. The quantitative estimate of drug-likeness (QED) is 0.441. The molecular weight excluding hydrogens is 386 g/mol. The summed E-state index contributed by atoms with van der Waals surface area (Å²) < 4.78 is 6.67. The lowest BCUT2D eigenvalue weighted by molar-refractivity contribution is -0.172. The second-order valence-electron chi connectivity index (χ2n) is 7.77. The van der Waals surface area contributed by atoms with Crippen molar-refractivity contribution in [3.05, 3.63) is 56.9 Å². The van der Waals surface area contributed by atoms with Crippen molar-refractivity contribution in [2.45, 2.75) is 38.6 Å². The fourth-order valence-electron chi connectivity index (χ4n) is 4.44. The molecule has 2 aliphatic heterocycles. The number of hydrogen-bond acceptors (Lipinski definition) is 7. The molecule has 0 spiro atoms. The monoisotopic (exact) mass is 407 g/mol. The Kier molecular flexibility index (Phi) is 4.00. The summed E-state index contributed by atoms with van der Waals surface area (Å²) in [5, 5.41) is 25.0. The second kappa shape index (κ2) is 6.38. The standard InChI is InChI=1S/C22H21N3O5/c1-3-22(29)15-7-16-19-12(9-25(16)20(27)14(15)10-30-21(22)28)6-13-17(26)5-4-11(8-23-2)18(13)24-19/h4-7,23,26,29H,3,8-10H2,1-2H3/t22-/m0/s1. The molecule has 1 aromatic carbocycles. The minimum Gasteiger partial charge on any atom is -0.507 e. The van der Waals surface area contributed by atoms with Crippen LogP contribution in [0.2, 0.25) is 0 Å². The first-order valence-corrected chi connectivity index (χ1v) is 9.85. The van der Waals surface area contributed by atoms with Crippen molar-refractivity contribution in [2.24, 2.45) is 0 Å². The van der Waals surface area contributed by atoms with Crippen LogP contribution in [0.15, 0.2) is 29.1 Å². The maximum atomic E-state index is 13.2. The molecule has 2 aromatic heterocycles. The highest BCUT2D eigenvalue weighted by Crippen LogP contribution is 2.39. The number of esters is 1. The van der Waals surface area contributed by atoms with Crippen molar-refractivity contribution in [2.75, 3.05) is 7.05 Å². The smallest absolute Gasteiger partial charge is 0.343 e. The van der Waals surface area contributed by atoms with E-state index in [1.54, 1.807) is 23.6 Å². The highest BCUT2D eigenvalue weighted by atomic mass is 16.6. The summed E-state index contributed by atoms with van der Waals surface area (Å²) in [6.07, 6.45) is 0.0971. The zero-order chi connectivity index (χ0) is 21.2. The van der Waals surface area contributed by atoms with Crippen LogP contribution in [0.25, 0.3) is 22.3 Å². The minimum atomic E-state index is -1.85. The SMILES string of the molecule is CC[C@@]1(O)C(=O)OCc2c1cc1n(c2=O)Cc2cc3c(O)ccc(CNC)c3nc2-1. The Morgan fingerprint density at radius 2 is 2.10 bits per heavy atom. The van der Waals surface area contributed by atoms with Gasteiger partial charge in [-0.1, -0.05) is 13.0 Å². The third-order valence-electron chi connectivity index (χ3n) is 6.11. The predicted octanol–water partition coefficient (Wildman–Crippen LogP) is 1.50. The number of carbonyl (C=O) groups is 1. The van der Waals surface area contributed by atoms with Gasteiger partial charge >= 0.3 is 5.97 Å². The summed E-state index contributed by atoms with van der Waals surface area (Å²) in [6.45, 7) is 2.39. The highest BCUT2D eigenvalue weighted by molar-refractivity contribution is 5.91. The summed E-state index contributed by atoms with van der Waals surface area (Å²) in [5.41, 5.74) is 1.95. The lowest BCUT2D eigenvalue weighted by atomic mass is 9.86. The first-order valence-electron chi connectivity index (χ1n) is 9.85. The average Bonchev–Trinajstić information content (AvgIpc) is 3.10. The molecule has 0 aliphatic carbocycles. The molecular formula is C22H21N3O5. The number of phenols is 1. The molecule has 154 valence electrons. The van der Waals surface area contributed by atoms with Crippen LogP contribution in [-0.4, -0.2) is 32.8 Å². The molecule has 4 heterocycles. The van der Waals surface area contributed by atoms with E-state index in [9.17, 15) is 19.8 Å². The van der Waals surface area contributed by atoms with Gasteiger partial charge in [-0.2, -0.15) is 0 Å². The van der Waals surface area contributed by atoms with Gasteiger partial charge in [0, 0.05) is 23.1 Å². The first kappa shape index (κ1) is 18.8. The Morgan fingerprint density at radius 3 is 2.83 bits per heavy atom. The third kappa shape index (κ3) is 2.37. The van der Waals surface area contributed by atoms with E-state index in [2.05, 4.69) is 5.32 Å². The average molecular weight is 407 g/mol. The molecule has 0 radical (unpaired) electrons. The van der Waals surface area contributed by atoms with Gasteiger partial charge in [0.15, 0.2) is 5.60 Å².